The summed E-state index contributed by atoms with van der Waals surface area (Å²) >= 11 is 0. The van der Waals surface area contributed by atoms with Crippen molar-refractivity contribution in [2.24, 2.45) is 0 Å². The van der Waals surface area contributed by atoms with E-state index in [1.165, 1.54) is 4.63 Å². The number of aromatic nitrogens is 3. The summed E-state index contributed by atoms with van der Waals surface area (Å²) in [6, 6.07) is 1.78. The molecule has 3 rings (SSSR count). The van der Waals surface area contributed by atoms with Gasteiger partial charge in [-0.05, 0) is 31.4 Å². The lowest BCUT2D eigenvalue weighted by Gasteiger charge is -1.91. The maximum absolute atomic E-state index is 13.8. The van der Waals surface area contributed by atoms with Crippen LogP contribution in [0.4, 0.5) is 4.39 Å². The van der Waals surface area contributed by atoms with Gasteiger partial charge in [0.2, 0.25) is 0 Å². The van der Waals surface area contributed by atoms with Gasteiger partial charge < -0.3 is 0 Å². The normalized spacial score (nSPS) is 16.4. The zero-order chi connectivity index (χ0) is 9.71. The monoisotopic (exact) mass is 191 g/mol. The van der Waals surface area contributed by atoms with Gasteiger partial charge in [-0.3, -0.25) is 0 Å². The van der Waals surface area contributed by atoms with Gasteiger partial charge >= 0.3 is 0 Å². The molecule has 1 fully saturated rings. The maximum Gasteiger partial charge on any atom is 0.174 e. The first-order valence-corrected chi connectivity index (χ1v) is 4.77. The van der Waals surface area contributed by atoms with Crippen LogP contribution in [0.1, 0.15) is 30.0 Å². The van der Waals surface area contributed by atoms with Crippen molar-refractivity contribution in [3.8, 4) is 0 Å². The lowest BCUT2D eigenvalue weighted by molar-refractivity contribution is 0.620. The predicted octanol–water partition coefficient (Wildman–Crippen LogP) is 2.05. The van der Waals surface area contributed by atoms with Crippen LogP contribution in [-0.4, -0.2) is 14.8 Å². The minimum Gasteiger partial charge on any atom is -0.202 e. The van der Waals surface area contributed by atoms with E-state index in [4.69, 9.17) is 0 Å². The van der Waals surface area contributed by atoms with E-state index in [0.29, 0.717) is 17.1 Å². The van der Waals surface area contributed by atoms with Crippen molar-refractivity contribution in [3.05, 3.63) is 29.3 Å². The van der Waals surface area contributed by atoms with Gasteiger partial charge in [0.1, 0.15) is 11.2 Å². The van der Waals surface area contributed by atoms with E-state index in [1.807, 2.05) is 6.92 Å². The van der Waals surface area contributed by atoms with Gasteiger partial charge in [-0.25, -0.2) is 4.39 Å². The Labute approximate surface area is 80.5 Å². The number of fused-ring (bicyclic) bond motifs is 1. The molecule has 1 aliphatic rings. The average Bonchev–Trinajstić information content (AvgIpc) is 2.95. The smallest absolute Gasteiger partial charge is 0.174 e. The van der Waals surface area contributed by atoms with Gasteiger partial charge in [0.15, 0.2) is 5.82 Å². The summed E-state index contributed by atoms with van der Waals surface area (Å²) in [5.41, 5.74) is 2.04. The summed E-state index contributed by atoms with van der Waals surface area (Å²) in [5.74, 6) is 0.140. The molecule has 0 unspecified atom stereocenters. The molecule has 0 atom stereocenters. The minimum absolute atomic E-state index is 0.191. The molecule has 0 radical (unpaired) electrons. The van der Waals surface area contributed by atoms with Crippen LogP contribution in [0.3, 0.4) is 0 Å². The first-order chi connectivity index (χ1) is 6.75. The fraction of sp³-hybridized carbons (Fsp3) is 0.400. The number of hydrogen-bond acceptors (Lipinski definition) is 2. The third-order valence-corrected chi connectivity index (χ3v) is 2.57. The highest BCUT2D eigenvalue weighted by Gasteiger charge is 2.30. The number of hydrogen-bond donors (Lipinski definition) is 0. The van der Waals surface area contributed by atoms with Crippen molar-refractivity contribution >= 4 is 5.52 Å². The van der Waals surface area contributed by atoms with Crippen molar-refractivity contribution in [2.75, 3.05) is 0 Å². The SMILES string of the molecule is Cc1cnn2nc(C3CC3)c(F)c2c1. The summed E-state index contributed by atoms with van der Waals surface area (Å²) in [4.78, 5) is 0. The minimum atomic E-state index is -0.191. The Bertz CT molecular complexity index is 499. The third kappa shape index (κ3) is 1.03. The predicted molar refractivity (Wildman–Crippen MR) is 49.7 cm³/mol. The van der Waals surface area contributed by atoms with Crippen LogP contribution >= 0.6 is 0 Å². The van der Waals surface area contributed by atoms with Gasteiger partial charge in [-0.1, -0.05) is 0 Å². The molecule has 0 aromatic carbocycles. The van der Waals surface area contributed by atoms with Gasteiger partial charge in [0.25, 0.3) is 0 Å². The highest BCUT2D eigenvalue weighted by atomic mass is 19.1. The fourth-order valence-corrected chi connectivity index (χ4v) is 1.64. The molecule has 3 nitrogen and oxygen atoms in total. The van der Waals surface area contributed by atoms with Crippen LogP contribution in [0.5, 0.6) is 0 Å². The van der Waals surface area contributed by atoms with Gasteiger partial charge in [-0.2, -0.15) is 10.2 Å². The van der Waals surface area contributed by atoms with Crippen LogP contribution < -0.4 is 0 Å². The molecule has 0 aliphatic heterocycles. The molecule has 0 amide bonds. The molecule has 2 heterocycles. The third-order valence-electron chi connectivity index (χ3n) is 2.57. The molecular formula is C10H10FN3. The van der Waals surface area contributed by atoms with E-state index in [-0.39, 0.29) is 5.82 Å². The van der Waals surface area contributed by atoms with Crippen LogP contribution in [0.25, 0.3) is 5.52 Å². The Morgan fingerprint density at radius 2 is 2.29 bits per heavy atom. The Morgan fingerprint density at radius 3 is 3.00 bits per heavy atom. The quantitative estimate of drug-likeness (QED) is 0.690. The van der Waals surface area contributed by atoms with Crippen LogP contribution in [0.2, 0.25) is 0 Å². The van der Waals surface area contributed by atoms with Gasteiger partial charge in [0, 0.05) is 5.92 Å². The zero-order valence-corrected chi connectivity index (χ0v) is 7.87. The van der Waals surface area contributed by atoms with Crippen molar-refractivity contribution < 1.29 is 4.39 Å². The van der Waals surface area contributed by atoms with E-state index in [1.54, 1.807) is 12.3 Å². The molecule has 0 spiro atoms. The van der Waals surface area contributed by atoms with Crippen molar-refractivity contribution in [1.82, 2.24) is 14.8 Å². The van der Waals surface area contributed by atoms with E-state index < -0.39 is 0 Å². The fourth-order valence-electron chi connectivity index (χ4n) is 1.64. The molecule has 0 N–H and O–H groups in total. The first-order valence-electron chi connectivity index (χ1n) is 4.77. The largest absolute Gasteiger partial charge is 0.202 e. The Morgan fingerprint density at radius 1 is 1.50 bits per heavy atom. The van der Waals surface area contributed by atoms with Crippen molar-refractivity contribution in [2.45, 2.75) is 25.7 Å². The van der Waals surface area contributed by atoms with Crippen LogP contribution in [0, 0.1) is 12.7 Å². The molecule has 4 heteroatoms. The summed E-state index contributed by atoms with van der Waals surface area (Å²) in [7, 11) is 0. The van der Waals surface area contributed by atoms with Crippen LogP contribution in [0.15, 0.2) is 12.3 Å². The molecule has 1 aliphatic carbocycles. The number of halogens is 1. The van der Waals surface area contributed by atoms with Gasteiger partial charge in [0.05, 0.1) is 6.20 Å². The number of aryl methyl sites for hydroxylation is 1. The van der Waals surface area contributed by atoms with E-state index in [0.717, 1.165) is 18.4 Å². The van der Waals surface area contributed by atoms with Gasteiger partial charge in [-0.15, -0.1) is 4.63 Å². The summed E-state index contributed by atoms with van der Waals surface area (Å²) in [6.07, 6.45) is 3.80. The molecule has 14 heavy (non-hydrogen) atoms. The molecule has 2 aromatic rings. The Hall–Kier alpha value is -1.45. The van der Waals surface area contributed by atoms with E-state index in [2.05, 4.69) is 10.2 Å². The molecule has 0 bridgehead atoms. The maximum atomic E-state index is 13.8. The molecule has 2 aromatic heterocycles. The summed E-state index contributed by atoms with van der Waals surface area (Å²) < 4.78 is 15.2. The number of nitrogens with zero attached hydrogens (tertiary/aromatic N) is 3. The zero-order valence-electron chi connectivity index (χ0n) is 7.87. The topological polar surface area (TPSA) is 30.2 Å². The Balaban J connectivity index is 2.29. The second-order valence-electron chi connectivity index (χ2n) is 3.88. The molecular weight excluding hydrogens is 181 g/mol. The number of rotatable bonds is 1. The molecule has 72 valence electrons. The van der Waals surface area contributed by atoms with E-state index in [9.17, 15) is 4.39 Å². The van der Waals surface area contributed by atoms with E-state index >= 15 is 0 Å². The molecule has 1 saturated carbocycles. The standard InChI is InChI=1S/C10H10FN3/c1-6-4-8-9(11)10(7-2-3-7)13-14(8)12-5-6/h4-5,7H,2-3H2,1H3. The van der Waals surface area contributed by atoms with Crippen molar-refractivity contribution in [3.63, 3.8) is 0 Å². The molecule has 0 saturated heterocycles. The Kier molecular flexibility index (Phi) is 1.43. The average molecular weight is 191 g/mol. The lowest BCUT2D eigenvalue weighted by atomic mass is 10.2. The van der Waals surface area contributed by atoms with Crippen molar-refractivity contribution in [1.29, 1.82) is 0 Å². The highest BCUT2D eigenvalue weighted by molar-refractivity contribution is 5.50. The lowest BCUT2D eigenvalue weighted by Crippen LogP contribution is -1.93. The summed E-state index contributed by atoms with van der Waals surface area (Å²) in [5, 5.41) is 8.18. The first kappa shape index (κ1) is 7.91. The van der Waals surface area contributed by atoms with Crippen LogP contribution in [-0.2, 0) is 0 Å². The summed E-state index contributed by atoms with van der Waals surface area (Å²) in [6.45, 7) is 1.90. The second-order valence-corrected chi connectivity index (χ2v) is 3.88. The highest BCUT2D eigenvalue weighted by Crippen LogP contribution is 2.40. The second kappa shape index (κ2) is 2.53.